The predicted molar refractivity (Wildman–Crippen MR) is 82.7 cm³/mol. The molecule has 0 radical (unpaired) electrons. The van der Waals surface area contributed by atoms with E-state index in [4.69, 9.17) is 27.9 Å². The monoisotopic (exact) mass is 306 g/mol. The van der Waals surface area contributed by atoms with Crippen molar-refractivity contribution < 1.29 is 4.74 Å². The molecule has 3 rings (SSSR count). The average molecular weight is 307 g/mol. The quantitative estimate of drug-likeness (QED) is 0.694. The lowest BCUT2D eigenvalue weighted by Gasteiger charge is -2.04. The largest absolute Gasteiger partial charge is 0.497 e. The summed E-state index contributed by atoms with van der Waals surface area (Å²) in [4.78, 5) is 4.62. The highest BCUT2D eigenvalue weighted by molar-refractivity contribution is 6.42. The summed E-state index contributed by atoms with van der Waals surface area (Å²) in [6.45, 7) is 0. The number of benzene rings is 2. The average Bonchev–Trinajstić information content (AvgIpc) is 2.77. The van der Waals surface area contributed by atoms with Crippen molar-refractivity contribution in [3.8, 4) is 17.1 Å². The van der Waals surface area contributed by atoms with Crippen LogP contribution in [-0.4, -0.2) is 16.7 Å². The summed E-state index contributed by atoms with van der Waals surface area (Å²) in [5.74, 6) is 1.68. The third-order valence-electron chi connectivity index (χ3n) is 3.27. The van der Waals surface area contributed by atoms with Gasteiger partial charge in [0.05, 0.1) is 28.2 Å². The number of aromatic nitrogens is 2. The first kappa shape index (κ1) is 13.3. The van der Waals surface area contributed by atoms with E-state index in [9.17, 15) is 0 Å². The Morgan fingerprint density at radius 3 is 2.35 bits per heavy atom. The maximum Gasteiger partial charge on any atom is 0.140 e. The third kappa shape index (κ3) is 2.13. The van der Waals surface area contributed by atoms with Gasteiger partial charge in [-0.1, -0.05) is 23.2 Å². The minimum absolute atomic E-state index is 0.513. The summed E-state index contributed by atoms with van der Waals surface area (Å²) in [5.41, 5.74) is 2.79. The van der Waals surface area contributed by atoms with Crippen LogP contribution in [0.5, 0.6) is 5.75 Å². The fourth-order valence-electron chi connectivity index (χ4n) is 2.19. The fourth-order valence-corrected chi connectivity index (χ4v) is 2.50. The molecule has 1 aromatic heterocycles. The van der Waals surface area contributed by atoms with E-state index in [0.717, 1.165) is 28.2 Å². The predicted octanol–water partition coefficient (Wildman–Crippen LogP) is 4.56. The van der Waals surface area contributed by atoms with Gasteiger partial charge >= 0.3 is 0 Å². The summed E-state index contributed by atoms with van der Waals surface area (Å²) in [5, 5.41) is 1.04. The first-order valence-electron chi connectivity index (χ1n) is 6.06. The minimum Gasteiger partial charge on any atom is -0.497 e. The zero-order chi connectivity index (χ0) is 14.3. The molecule has 5 heteroatoms. The Morgan fingerprint density at radius 1 is 1.05 bits per heavy atom. The lowest BCUT2D eigenvalue weighted by Crippen LogP contribution is -1.92. The molecule has 1 heterocycles. The molecule has 0 aliphatic carbocycles. The van der Waals surface area contributed by atoms with E-state index in [-0.39, 0.29) is 0 Å². The normalized spacial score (nSPS) is 11.0. The van der Waals surface area contributed by atoms with Gasteiger partial charge in [0.15, 0.2) is 0 Å². The van der Waals surface area contributed by atoms with E-state index < -0.39 is 0 Å². The van der Waals surface area contributed by atoms with Crippen molar-refractivity contribution in [2.75, 3.05) is 7.11 Å². The van der Waals surface area contributed by atoms with Gasteiger partial charge < -0.3 is 9.30 Å². The van der Waals surface area contributed by atoms with Crippen molar-refractivity contribution >= 4 is 34.2 Å². The van der Waals surface area contributed by atoms with E-state index in [0.29, 0.717) is 10.0 Å². The summed E-state index contributed by atoms with van der Waals surface area (Å²) in [7, 11) is 3.60. The van der Waals surface area contributed by atoms with E-state index in [1.165, 1.54) is 0 Å². The van der Waals surface area contributed by atoms with Crippen LogP contribution >= 0.6 is 23.2 Å². The van der Waals surface area contributed by atoms with Gasteiger partial charge in [0.2, 0.25) is 0 Å². The van der Waals surface area contributed by atoms with Crippen LogP contribution in [0, 0.1) is 0 Å². The van der Waals surface area contributed by atoms with Crippen LogP contribution in [0.15, 0.2) is 36.4 Å². The van der Waals surface area contributed by atoms with Crippen LogP contribution in [0.1, 0.15) is 0 Å². The molecule has 3 nitrogen and oxygen atoms in total. The zero-order valence-corrected chi connectivity index (χ0v) is 12.5. The van der Waals surface area contributed by atoms with Crippen molar-refractivity contribution in [1.29, 1.82) is 0 Å². The smallest absolute Gasteiger partial charge is 0.140 e. The number of nitrogens with zero attached hydrogens (tertiary/aromatic N) is 2. The van der Waals surface area contributed by atoms with Gasteiger partial charge in [-0.15, -0.1) is 0 Å². The zero-order valence-electron chi connectivity index (χ0n) is 11.0. The second-order valence-corrected chi connectivity index (χ2v) is 5.29. The number of ether oxygens (including phenoxy) is 1. The van der Waals surface area contributed by atoms with Crippen LogP contribution in [0.3, 0.4) is 0 Å². The fraction of sp³-hybridized carbons (Fsp3) is 0.133. The molecule has 0 aliphatic rings. The molecule has 0 spiro atoms. The van der Waals surface area contributed by atoms with Gasteiger partial charge in [-0.3, -0.25) is 0 Å². The number of hydrogen-bond acceptors (Lipinski definition) is 2. The Kier molecular flexibility index (Phi) is 3.32. The minimum atomic E-state index is 0.513. The molecule has 0 atom stereocenters. The van der Waals surface area contributed by atoms with Gasteiger partial charge in [0.1, 0.15) is 11.6 Å². The molecular formula is C15H12Cl2N2O. The van der Waals surface area contributed by atoms with Crippen molar-refractivity contribution in [1.82, 2.24) is 9.55 Å². The molecule has 20 heavy (non-hydrogen) atoms. The second kappa shape index (κ2) is 5.00. The highest BCUT2D eigenvalue weighted by Crippen LogP contribution is 2.31. The maximum atomic E-state index is 6.06. The molecule has 0 aliphatic heterocycles. The molecule has 0 unspecified atom stereocenters. The van der Waals surface area contributed by atoms with E-state index >= 15 is 0 Å². The van der Waals surface area contributed by atoms with Gasteiger partial charge in [0, 0.05) is 12.6 Å². The molecule has 0 fully saturated rings. The van der Waals surface area contributed by atoms with Crippen molar-refractivity contribution in [3.63, 3.8) is 0 Å². The molecule has 0 saturated carbocycles. The molecule has 0 bridgehead atoms. The van der Waals surface area contributed by atoms with Crippen LogP contribution < -0.4 is 4.74 Å². The van der Waals surface area contributed by atoms with Crippen LogP contribution in [-0.2, 0) is 7.05 Å². The Labute approximate surface area is 126 Å². The molecule has 0 amide bonds. The lowest BCUT2D eigenvalue weighted by molar-refractivity contribution is 0.415. The van der Waals surface area contributed by atoms with E-state index in [2.05, 4.69) is 4.98 Å². The Balaban J connectivity index is 2.18. The van der Waals surface area contributed by atoms with Crippen molar-refractivity contribution in [2.24, 2.45) is 7.05 Å². The van der Waals surface area contributed by atoms with E-state index in [1.54, 1.807) is 13.2 Å². The van der Waals surface area contributed by atoms with Gasteiger partial charge in [-0.05, 0) is 36.4 Å². The molecular weight excluding hydrogens is 295 g/mol. The van der Waals surface area contributed by atoms with E-state index in [1.807, 2.05) is 41.9 Å². The summed E-state index contributed by atoms with van der Waals surface area (Å²) in [6.07, 6.45) is 0. The Bertz CT molecular complexity index is 779. The van der Waals surface area contributed by atoms with Gasteiger partial charge in [-0.2, -0.15) is 0 Å². The van der Waals surface area contributed by atoms with Crippen LogP contribution in [0.4, 0.5) is 0 Å². The lowest BCUT2D eigenvalue weighted by atomic mass is 10.2. The van der Waals surface area contributed by atoms with Gasteiger partial charge in [0.25, 0.3) is 0 Å². The van der Waals surface area contributed by atoms with Crippen molar-refractivity contribution in [3.05, 3.63) is 46.4 Å². The second-order valence-electron chi connectivity index (χ2n) is 4.48. The highest BCUT2D eigenvalue weighted by Gasteiger charge is 2.12. The SMILES string of the molecule is COc1ccc(-c2nc3cc(Cl)c(Cl)cc3n2C)cc1. The van der Waals surface area contributed by atoms with Crippen LogP contribution in [0.2, 0.25) is 10.0 Å². The maximum absolute atomic E-state index is 6.06. The van der Waals surface area contributed by atoms with Gasteiger partial charge in [-0.25, -0.2) is 4.98 Å². The molecule has 0 N–H and O–H groups in total. The standard InChI is InChI=1S/C15H12Cl2N2O/c1-19-14-8-12(17)11(16)7-13(14)18-15(19)9-3-5-10(20-2)6-4-9/h3-8H,1-2H3. The number of methoxy groups -OCH3 is 1. The summed E-state index contributed by atoms with van der Waals surface area (Å²) >= 11 is 12.1. The highest BCUT2D eigenvalue weighted by atomic mass is 35.5. The molecule has 3 aromatic rings. The number of hydrogen-bond donors (Lipinski definition) is 0. The summed E-state index contributed by atoms with van der Waals surface area (Å²) < 4.78 is 7.16. The Hall–Kier alpha value is -1.71. The molecule has 2 aromatic carbocycles. The number of imidazole rings is 1. The summed E-state index contributed by atoms with van der Waals surface area (Å²) in [6, 6.07) is 11.4. The third-order valence-corrected chi connectivity index (χ3v) is 3.99. The number of aryl methyl sites for hydroxylation is 1. The Morgan fingerprint density at radius 2 is 1.70 bits per heavy atom. The van der Waals surface area contributed by atoms with Crippen LogP contribution in [0.25, 0.3) is 22.4 Å². The molecule has 0 saturated heterocycles. The topological polar surface area (TPSA) is 27.1 Å². The van der Waals surface area contributed by atoms with Crippen molar-refractivity contribution in [2.45, 2.75) is 0 Å². The number of rotatable bonds is 2. The number of halogens is 2. The number of fused-ring (bicyclic) bond motifs is 1. The molecule has 102 valence electrons. The first-order valence-corrected chi connectivity index (χ1v) is 6.81. The first-order chi connectivity index (χ1) is 9.60.